The highest BCUT2D eigenvalue weighted by atomic mass is 15.2. The minimum atomic E-state index is 0.600. The molecule has 1 aliphatic carbocycles. The summed E-state index contributed by atoms with van der Waals surface area (Å²) >= 11 is 0. The van der Waals surface area contributed by atoms with Crippen LogP contribution in [-0.4, -0.2) is 21.7 Å². The van der Waals surface area contributed by atoms with Crippen LogP contribution in [0.15, 0.2) is 0 Å². The van der Waals surface area contributed by atoms with E-state index in [1.165, 1.54) is 25.7 Å². The van der Waals surface area contributed by atoms with E-state index in [9.17, 15) is 0 Å². The van der Waals surface area contributed by atoms with Crippen LogP contribution < -0.4 is 5.73 Å². The summed E-state index contributed by atoms with van der Waals surface area (Å²) in [5, 5.41) is 7.17. The Morgan fingerprint density at radius 1 is 1.38 bits per heavy atom. The predicted octanol–water partition coefficient (Wildman–Crippen LogP) is 0.963. The van der Waals surface area contributed by atoms with Gasteiger partial charge in [0.25, 0.3) is 0 Å². The molecule has 0 radical (unpaired) electrons. The summed E-state index contributed by atoms with van der Waals surface area (Å²) in [6.45, 7) is 0.638. The lowest BCUT2D eigenvalue weighted by atomic mass is 10.1. The second-order valence-corrected chi connectivity index (χ2v) is 3.66. The predicted molar refractivity (Wildman–Crippen MR) is 50.4 cm³/mol. The first-order valence-electron chi connectivity index (χ1n) is 5.01. The second-order valence-electron chi connectivity index (χ2n) is 3.66. The van der Waals surface area contributed by atoms with E-state index >= 15 is 0 Å². The van der Waals surface area contributed by atoms with E-state index in [0.717, 1.165) is 18.1 Å². The van der Waals surface area contributed by atoms with Crippen molar-refractivity contribution in [1.29, 1.82) is 0 Å². The van der Waals surface area contributed by atoms with Crippen LogP contribution in [0.25, 0.3) is 0 Å². The van der Waals surface area contributed by atoms with Gasteiger partial charge in [-0.05, 0) is 19.4 Å². The van der Waals surface area contributed by atoms with Crippen LogP contribution in [0, 0.1) is 0 Å². The molecule has 0 aliphatic heterocycles. The van der Waals surface area contributed by atoms with E-state index in [1.54, 1.807) is 0 Å². The molecule has 4 heteroatoms. The molecule has 1 aromatic heterocycles. The highest BCUT2D eigenvalue weighted by molar-refractivity contribution is 5.00. The number of aromatic nitrogens is 3. The summed E-state index contributed by atoms with van der Waals surface area (Å²) in [5.41, 5.74) is 5.44. The zero-order chi connectivity index (χ0) is 9.10. The van der Waals surface area contributed by atoms with Gasteiger partial charge in [0.2, 0.25) is 0 Å². The third kappa shape index (κ3) is 1.88. The number of H-pyrrole nitrogens is 1. The fraction of sp³-hybridized carbons (Fsp3) is 0.778. The molecule has 0 amide bonds. The lowest BCUT2D eigenvalue weighted by Crippen LogP contribution is -2.04. The molecular weight excluding hydrogens is 164 g/mol. The summed E-state index contributed by atoms with van der Waals surface area (Å²) in [5.74, 6) is 2.54. The van der Waals surface area contributed by atoms with Gasteiger partial charge >= 0.3 is 0 Å². The first kappa shape index (κ1) is 8.69. The molecule has 0 spiro atoms. The molecule has 0 saturated heterocycles. The van der Waals surface area contributed by atoms with E-state index < -0.39 is 0 Å². The molecule has 2 rings (SSSR count). The molecule has 1 aliphatic rings. The monoisotopic (exact) mass is 180 g/mol. The molecule has 1 aromatic rings. The molecular formula is C9H16N4. The van der Waals surface area contributed by atoms with Crippen molar-refractivity contribution in [3.63, 3.8) is 0 Å². The molecule has 1 fully saturated rings. The average molecular weight is 180 g/mol. The fourth-order valence-electron chi connectivity index (χ4n) is 1.93. The van der Waals surface area contributed by atoms with Crippen molar-refractivity contribution in [3.8, 4) is 0 Å². The molecule has 0 unspecified atom stereocenters. The van der Waals surface area contributed by atoms with Gasteiger partial charge in [-0.3, -0.25) is 5.10 Å². The van der Waals surface area contributed by atoms with Crippen molar-refractivity contribution in [2.24, 2.45) is 5.73 Å². The number of rotatable bonds is 3. The van der Waals surface area contributed by atoms with Gasteiger partial charge < -0.3 is 5.73 Å². The van der Waals surface area contributed by atoms with E-state index in [-0.39, 0.29) is 0 Å². The normalized spacial score (nSPS) is 18.2. The van der Waals surface area contributed by atoms with Crippen LogP contribution in [0.1, 0.15) is 43.3 Å². The van der Waals surface area contributed by atoms with Crippen LogP contribution >= 0.6 is 0 Å². The van der Waals surface area contributed by atoms with Gasteiger partial charge in [-0.15, -0.1) is 0 Å². The van der Waals surface area contributed by atoms with Crippen molar-refractivity contribution in [3.05, 3.63) is 11.6 Å². The van der Waals surface area contributed by atoms with E-state index in [0.29, 0.717) is 12.5 Å². The molecule has 0 aromatic carbocycles. The van der Waals surface area contributed by atoms with Gasteiger partial charge in [0.15, 0.2) is 5.82 Å². The Kier molecular flexibility index (Phi) is 2.59. The Morgan fingerprint density at radius 3 is 2.85 bits per heavy atom. The van der Waals surface area contributed by atoms with Gasteiger partial charge in [-0.1, -0.05) is 12.8 Å². The highest BCUT2D eigenvalue weighted by Gasteiger charge is 2.20. The average Bonchev–Trinajstić information content (AvgIpc) is 2.70. The molecule has 0 bridgehead atoms. The van der Waals surface area contributed by atoms with Crippen molar-refractivity contribution in [2.45, 2.75) is 38.0 Å². The fourth-order valence-corrected chi connectivity index (χ4v) is 1.93. The molecule has 3 N–H and O–H groups in total. The van der Waals surface area contributed by atoms with Crippen molar-refractivity contribution >= 4 is 0 Å². The van der Waals surface area contributed by atoms with Crippen LogP contribution in [0.5, 0.6) is 0 Å². The summed E-state index contributed by atoms with van der Waals surface area (Å²) < 4.78 is 0. The Balaban J connectivity index is 2.03. The summed E-state index contributed by atoms with van der Waals surface area (Å²) in [6, 6.07) is 0. The van der Waals surface area contributed by atoms with E-state index in [4.69, 9.17) is 5.73 Å². The molecule has 4 nitrogen and oxygen atoms in total. The Bertz CT molecular complexity index is 262. The quantitative estimate of drug-likeness (QED) is 0.728. The van der Waals surface area contributed by atoms with Crippen molar-refractivity contribution in [2.75, 3.05) is 6.54 Å². The second kappa shape index (κ2) is 3.87. The molecule has 1 heterocycles. The van der Waals surface area contributed by atoms with Crippen molar-refractivity contribution in [1.82, 2.24) is 15.2 Å². The number of hydrogen-bond donors (Lipinski definition) is 2. The maximum absolute atomic E-state index is 5.44. The van der Waals surface area contributed by atoms with Crippen LogP contribution in [0.3, 0.4) is 0 Å². The van der Waals surface area contributed by atoms with Gasteiger partial charge in [0.05, 0.1) is 0 Å². The molecule has 13 heavy (non-hydrogen) atoms. The smallest absolute Gasteiger partial charge is 0.153 e. The summed E-state index contributed by atoms with van der Waals surface area (Å²) in [6.07, 6.45) is 5.95. The first-order chi connectivity index (χ1) is 6.40. The number of nitrogens with zero attached hydrogens (tertiary/aromatic N) is 2. The topological polar surface area (TPSA) is 67.6 Å². The Morgan fingerprint density at radius 2 is 2.15 bits per heavy atom. The molecule has 72 valence electrons. The SMILES string of the molecule is NCCc1nc(C2CCCC2)n[nH]1. The van der Waals surface area contributed by atoms with Gasteiger partial charge in [0, 0.05) is 12.3 Å². The maximum Gasteiger partial charge on any atom is 0.153 e. The first-order valence-corrected chi connectivity index (χ1v) is 5.01. The third-order valence-electron chi connectivity index (χ3n) is 2.65. The Labute approximate surface area is 77.9 Å². The van der Waals surface area contributed by atoms with E-state index in [1.807, 2.05) is 0 Å². The third-order valence-corrected chi connectivity index (χ3v) is 2.65. The number of hydrogen-bond acceptors (Lipinski definition) is 3. The van der Waals surface area contributed by atoms with Gasteiger partial charge in [-0.25, -0.2) is 4.98 Å². The maximum atomic E-state index is 5.44. The lowest BCUT2D eigenvalue weighted by molar-refractivity contribution is 0.671. The number of nitrogens with one attached hydrogen (secondary N) is 1. The van der Waals surface area contributed by atoms with Crippen LogP contribution in [-0.2, 0) is 6.42 Å². The lowest BCUT2D eigenvalue weighted by Gasteiger charge is -2.00. The molecule has 0 atom stereocenters. The number of aromatic amines is 1. The standard InChI is InChI=1S/C9H16N4/c10-6-5-8-11-9(13-12-8)7-3-1-2-4-7/h7H,1-6,10H2,(H,11,12,13). The van der Waals surface area contributed by atoms with Gasteiger partial charge in [-0.2, -0.15) is 5.10 Å². The number of nitrogens with two attached hydrogens (primary N) is 1. The van der Waals surface area contributed by atoms with Crippen molar-refractivity contribution < 1.29 is 0 Å². The molecule has 1 saturated carbocycles. The minimum Gasteiger partial charge on any atom is -0.330 e. The van der Waals surface area contributed by atoms with Crippen LogP contribution in [0.4, 0.5) is 0 Å². The van der Waals surface area contributed by atoms with Crippen LogP contribution in [0.2, 0.25) is 0 Å². The Hall–Kier alpha value is -0.900. The zero-order valence-electron chi connectivity index (χ0n) is 7.79. The largest absolute Gasteiger partial charge is 0.330 e. The van der Waals surface area contributed by atoms with E-state index in [2.05, 4.69) is 15.2 Å². The highest BCUT2D eigenvalue weighted by Crippen LogP contribution is 2.31. The minimum absolute atomic E-state index is 0.600. The summed E-state index contributed by atoms with van der Waals surface area (Å²) in [4.78, 5) is 4.44. The zero-order valence-corrected chi connectivity index (χ0v) is 7.79. The van der Waals surface area contributed by atoms with Gasteiger partial charge in [0.1, 0.15) is 5.82 Å². The summed E-state index contributed by atoms with van der Waals surface area (Å²) in [7, 11) is 0.